The van der Waals surface area contributed by atoms with E-state index < -0.39 is 17.5 Å². The van der Waals surface area contributed by atoms with E-state index in [1.165, 1.54) is 0 Å². The molecule has 2 aromatic rings. The lowest BCUT2D eigenvalue weighted by Crippen LogP contribution is -2.12. The molecule has 5 nitrogen and oxygen atoms in total. The fourth-order valence-electron chi connectivity index (χ4n) is 1.30. The zero-order valence-electron chi connectivity index (χ0n) is 9.91. The molecule has 2 N–H and O–H groups in total. The van der Waals surface area contributed by atoms with E-state index in [1.54, 1.807) is 0 Å². The second-order valence-corrected chi connectivity index (χ2v) is 4.50. The molecule has 0 radical (unpaired) electrons. The summed E-state index contributed by atoms with van der Waals surface area (Å²) in [6.07, 6.45) is 0. The van der Waals surface area contributed by atoms with Crippen LogP contribution in [0, 0.1) is 11.6 Å². The number of nitrogens with zero attached hydrogens (tertiary/aromatic N) is 2. The van der Waals surface area contributed by atoms with Crippen molar-refractivity contribution in [1.82, 2.24) is 10.2 Å². The van der Waals surface area contributed by atoms with Crippen molar-refractivity contribution in [1.29, 1.82) is 0 Å². The van der Waals surface area contributed by atoms with Crippen LogP contribution in [0.1, 0.15) is 16.7 Å². The Morgan fingerprint density at radius 3 is 2.84 bits per heavy atom. The number of hydrogen-bond donors (Lipinski definition) is 2. The van der Waals surface area contributed by atoms with Gasteiger partial charge in [0.2, 0.25) is 10.1 Å². The number of hydrogen-bond acceptors (Lipinski definition) is 5. The molecule has 0 atom stereocenters. The highest BCUT2D eigenvalue weighted by Crippen LogP contribution is 2.19. The van der Waals surface area contributed by atoms with Crippen molar-refractivity contribution in [2.45, 2.75) is 6.92 Å². The summed E-state index contributed by atoms with van der Waals surface area (Å²) in [6, 6.07) is 2.90. The summed E-state index contributed by atoms with van der Waals surface area (Å²) in [4.78, 5) is 11.8. The van der Waals surface area contributed by atoms with Crippen LogP contribution >= 0.6 is 11.3 Å². The Bertz CT molecular complexity index is 602. The van der Waals surface area contributed by atoms with Gasteiger partial charge < -0.3 is 10.6 Å². The van der Waals surface area contributed by atoms with Gasteiger partial charge in [-0.3, -0.25) is 4.79 Å². The fraction of sp³-hybridized carbons (Fsp3) is 0.182. The molecule has 2 rings (SSSR count). The van der Waals surface area contributed by atoms with Crippen molar-refractivity contribution >= 4 is 28.1 Å². The van der Waals surface area contributed by atoms with E-state index in [-0.39, 0.29) is 10.7 Å². The Hall–Kier alpha value is -2.09. The van der Waals surface area contributed by atoms with E-state index in [0.29, 0.717) is 17.7 Å². The molecule has 0 saturated carbocycles. The number of halogens is 2. The first-order valence-electron chi connectivity index (χ1n) is 5.44. The van der Waals surface area contributed by atoms with Crippen molar-refractivity contribution in [2.75, 3.05) is 17.2 Å². The van der Waals surface area contributed by atoms with E-state index in [9.17, 15) is 13.6 Å². The highest BCUT2D eigenvalue weighted by Gasteiger charge is 2.14. The lowest BCUT2D eigenvalue weighted by atomic mass is 10.3. The van der Waals surface area contributed by atoms with Crippen molar-refractivity contribution in [3.05, 3.63) is 34.8 Å². The van der Waals surface area contributed by atoms with Gasteiger partial charge in [0.25, 0.3) is 5.91 Å². The van der Waals surface area contributed by atoms with E-state index >= 15 is 0 Å². The topological polar surface area (TPSA) is 66.9 Å². The third kappa shape index (κ3) is 3.22. The molecule has 1 amide bonds. The van der Waals surface area contributed by atoms with Crippen molar-refractivity contribution in [3.8, 4) is 0 Å². The average molecular weight is 284 g/mol. The second-order valence-electron chi connectivity index (χ2n) is 3.52. The molecule has 1 heterocycles. The average Bonchev–Trinajstić information content (AvgIpc) is 2.82. The van der Waals surface area contributed by atoms with Gasteiger partial charge in [0.15, 0.2) is 0 Å². The normalized spacial score (nSPS) is 10.3. The summed E-state index contributed by atoms with van der Waals surface area (Å²) < 4.78 is 26.1. The van der Waals surface area contributed by atoms with Crippen LogP contribution in [0.25, 0.3) is 0 Å². The molecule has 100 valence electrons. The van der Waals surface area contributed by atoms with E-state index in [0.717, 1.165) is 23.5 Å². The van der Waals surface area contributed by atoms with Crippen LogP contribution in [0.15, 0.2) is 18.2 Å². The van der Waals surface area contributed by atoms with Gasteiger partial charge in [-0.1, -0.05) is 11.3 Å². The smallest absolute Gasteiger partial charge is 0.286 e. The Morgan fingerprint density at radius 1 is 1.37 bits per heavy atom. The predicted octanol–water partition coefficient (Wildman–Crippen LogP) is 2.50. The van der Waals surface area contributed by atoms with Gasteiger partial charge in [-0.25, -0.2) is 8.78 Å². The fourth-order valence-corrected chi connectivity index (χ4v) is 2.01. The second kappa shape index (κ2) is 5.70. The van der Waals surface area contributed by atoms with E-state index in [1.807, 2.05) is 6.92 Å². The van der Waals surface area contributed by atoms with Crippen molar-refractivity contribution in [2.24, 2.45) is 0 Å². The molecule has 1 aromatic heterocycles. The molecular formula is C11H10F2N4OS. The number of aromatic nitrogens is 2. The number of carbonyl (C=O) groups excluding carboxylic acids is 1. The minimum absolute atomic E-state index is 0.0969. The molecule has 0 spiro atoms. The molecule has 0 fully saturated rings. The Labute approximate surface area is 111 Å². The number of nitrogens with one attached hydrogen (secondary N) is 2. The SMILES string of the molecule is CCNc1nnc(C(=O)Nc2ccc(F)cc2F)s1. The van der Waals surface area contributed by atoms with Gasteiger partial charge in [0.05, 0.1) is 5.69 Å². The summed E-state index contributed by atoms with van der Waals surface area (Å²) in [5, 5.41) is 13.2. The first kappa shape index (κ1) is 13.3. The van der Waals surface area contributed by atoms with Crippen molar-refractivity contribution in [3.63, 3.8) is 0 Å². The minimum atomic E-state index is -0.843. The zero-order valence-corrected chi connectivity index (χ0v) is 10.7. The van der Waals surface area contributed by atoms with Crippen molar-refractivity contribution < 1.29 is 13.6 Å². The van der Waals surface area contributed by atoms with Gasteiger partial charge in [-0.05, 0) is 19.1 Å². The molecule has 0 aliphatic carbocycles. The van der Waals surface area contributed by atoms with Gasteiger partial charge in [-0.15, -0.1) is 10.2 Å². The maximum Gasteiger partial charge on any atom is 0.286 e. The van der Waals surface area contributed by atoms with Crippen LogP contribution in [-0.2, 0) is 0 Å². The van der Waals surface area contributed by atoms with E-state index in [4.69, 9.17) is 0 Å². The first-order valence-corrected chi connectivity index (χ1v) is 6.25. The number of amides is 1. The summed E-state index contributed by atoms with van der Waals surface area (Å²) in [6.45, 7) is 2.54. The molecule has 0 unspecified atom stereocenters. The molecule has 0 saturated heterocycles. The van der Waals surface area contributed by atoms with Crippen LogP contribution in [0.4, 0.5) is 19.6 Å². The highest BCUT2D eigenvalue weighted by molar-refractivity contribution is 7.17. The Balaban J connectivity index is 2.11. The lowest BCUT2D eigenvalue weighted by molar-refractivity contribution is 0.102. The Kier molecular flexibility index (Phi) is 4.00. The molecule has 1 aromatic carbocycles. The van der Waals surface area contributed by atoms with Gasteiger partial charge in [0.1, 0.15) is 11.6 Å². The van der Waals surface area contributed by atoms with E-state index in [2.05, 4.69) is 20.8 Å². The third-order valence-electron chi connectivity index (χ3n) is 2.13. The quantitative estimate of drug-likeness (QED) is 0.905. The monoisotopic (exact) mass is 284 g/mol. The number of carbonyl (C=O) groups is 1. The molecule has 0 aliphatic heterocycles. The summed E-state index contributed by atoms with van der Waals surface area (Å²) in [5.41, 5.74) is -0.105. The predicted molar refractivity (Wildman–Crippen MR) is 68.4 cm³/mol. The lowest BCUT2D eigenvalue weighted by Gasteiger charge is -2.03. The number of anilines is 2. The van der Waals surface area contributed by atoms with Gasteiger partial charge in [0, 0.05) is 12.6 Å². The van der Waals surface area contributed by atoms with Crippen LogP contribution in [0.2, 0.25) is 0 Å². The molecule has 0 aliphatic rings. The standard InChI is InChI=1S/C11H10F2N4OS/c1-2-14-11-17-16-10(19-11)9(18)15-8-4-3-6(12)5-7(8)13/h3-5H,2H2,1H3,(H,14,17)(H,15,18). The molecule has 8 heteroatoms. The maximum absolute atomic E-state index is 13.4. The summed E-state index contributed by atoms with van der Waals surface area (Å²) >= 11 is 1.05. The summed E-state index contributed by atoms with van der Waals surface area (Å²) in [5.74, 6) is -2.14. The zero-order chi connectivity index (χ0) is 13.8. The number of benzene rings is 1. The van der Waals surface area contributed by atoms with Crippen LogP contribution in [0.5, 0.6) is 0 Å². The minimum Gasteiger partial charge on any atom is -0.360 e. The summed E-state index contributed by atoms with van der Waals surface area (Å²) in [7, 11) is 0. The van der Waals surface area contributed by atoms with Crippen LogP contribution in [0.3, 0.4) is 0 Å². The van der Waals surface area contributed by atoms with Crippen LogP contribution < -0.4 is 10.6 Å². The first-order chi connectivity index (χ1) is 9.10. The third-order valence-corrected chi connectivity index (χ3v) is 3.01. The number of rotatable bonds is 4. The van der Waals surface area contributed by atoms with Gasteiger partial charge in [-0.2, -0.15) is 0 Å². The molecule has 19 heavy (non-hydrogen) atoms. The Morgan fingerprint density at radius 2 is 2.16 bits per heavy atom. The largest absolute Gasteiger partial charge is 0.360 e. The molecule has 0 bridgehead atoms. The highest BCUT2D eigenvalue weighted by atomic mass is 32.1. The molecular weight excluding hydrogens is 274 g/mol. The van der Waals surface area contributed by atoms with Gasteiger partial charge >= 0.3 is 0 Å². The van der Waals surface area contributed by atoms with Crippen LogP contribution in [-0.4, -0.2) is 22.6 Å². The maximum atomic E-state index is 13.4.